The van der Waals surface area contributed by atoms with Crippen molar-refractivity contribution in [3.05, 3.63) is 0 Å². The van der Waals surface area contributed by atoms with Crippen LogP contribution >= 0.6 is 22.6 Å². The quantitative estimate of drug-likeness (QED) is 0.387. The molecular weight excluding hydrogens is 170 g/mol. The number of hydrogen-bond acceptors (Lipinski definition) is 0. The minimum atomic E-state index is -0.697. The van der Waals surface area contributed by atoms with Crippen molar-refractivity contribution in [3.8, 4) is 0 Å². The number of halogens is 2. The molecule has 0 nitrogen and oxygen atoms in total. The Balaban J connectivity index is 2.32. The highest BCUT2D eigenvalue weighted by atomic mass is 127. The largest absolute Gasteiger partial charge is 0.236 e. The van der Waals surface area contributed by atoms with E-state index in [1.165, 1.54) is 6.92 Å². The van der Waals surface area contributed by atoms with E-state index in [-0.39, 0.29) is 0 Å². The Morgan fingerprint density at radius 1 is 2.00 bits per heavy atom. The molecule has 0 saturated carbocycles. The van der Waals surface area contributed by atoms with Crippen molar-refractivity contribution < 1.29 is 4.39 Å². The Labute approximate surface area is 38.5 Å². The molecule has 4 heavy (non-hydrogen) atoms. The van der Waals surface area contributed by atoms with Gasteiger partial charge >= 0.3 is 0 Å². The van der Waals surface area contributed by atoms with E-state index in [4.69, 9.17) is 0 Å². The first-order valence-corrected chi connectivity index (χ1v) is 2.26. The van der Waals surface area contributed by atoms with Gasteiger partial charge in [-0.1, -0.05) is 0 Å². The number of alkyl halides is 2. The molecule has 0 fully saturated rings. The van der Waals surface area contributed by atoms with Gasteiger partial charge in [0.15, 0.2) is 0 Å². The maximum absolute atomic E-state index is 11.0. The fourth-order valence-corrected chi connectivity index (χ4v) is 0. The monoisotopic (exact) mass is 174 g/mol. The summed E-state index contributed by atoms with van der Waals surface area (Å²) in [6, 6.07) is 0. The molecule has 0 aromatic heterocycles. The summed E-state index contributed by atoms with van der Waals surface area (Å²) in [6.07, 6.45) is 0. The molecule has 0 heterocycles. The standard InChI is InChI=1S/C2H4FI/c1-2(3)4/h2H,1H3. The molecule has 1 atom stereocenters. The molecule has 0 aliphatic heterocycles. The highest BCUT2D eigenvalue weighted by molar-refractivity contribution is 14.1. The maximum Gasteiger partial charge on any atom is 0.148 e. The zero-order valence-corrected chi connectivity index (χ0v) is 4.49. The predicted molar refractivity (Wildman–Crippen MR) is 24.6 cm³/mol. The molecule has 0 aliphatic carbocycles. The number of hydrogen-bond donors (Lipinski definition) is 0. The van der Waals surface area contributed by atoms with E-state index < -0.39 is 4.18 Å². The van der Waals surface area contributed by atoms with Crippen LogP contribution in [0.1, 0.15) is 6.92 Å². The van der Waals surface area contributed by atoms with E-state index in [0.717, 1.165) is 0 Å². The molecule has 0 N–H and O–H groups in total. The zero-order valence-electron chi connectivity index (χ0n) is 2.33. The Bertz CT molecular complexity index is 10.8. The lowest BCUT2D eigenvalue weighted by molar-refractivity contribution is 0.504. The van der Waals surface area contributed by atoms with E-state index in [1.807, 2.05) is 0 Å². The molecule has 0 aromatic carbocycles. The summed E-state index contributed by atoms with van der Waals surface area (Å²) in [6.45, 7) is 1.49. The maximum atomic E-state index is 11.0. The third kappa shape index (κ3) is 16.8. The van der Waals surface area contributed by atoms with Crippen LogP contribution in [-0.2, 0) is 0 Å². The lowest BCUT2D eigenvalue weighted by Crippen LogP contribution is -1.64. The molecule has 1 unspecified atom stereocenters. The Morgan fingerprint density at radius 3 is 2.00 bits per heavy atom. The van der Waals surface area contributed by atoms with Crippen LogP contribution in [0.2, 0.25) is 0 Å². The van der Waals surface area contributed by atoms with Gasteiger partial charge in [0.1, 0.15) is 4.18 Å². The van der Waals surface area contributed by atoms with Gasteiger partial charge in [0.2, 0.25) is 0 Å². The minimum Gasteiger partial charge on any atom is -0.236 e. The SMILES string of the molecule is CC(F)I. The van der Waals surface area contributed by atoms with Crippen molar-refractivity contribution in [2.75, 3.05) is 0 Å². The van der Waals surface area contributed by atoms with Crippen LogP contribution in [0.4, 0.5) is 4.39 Å². The second-order valence-electron chi connectivity index (χ2n) is 0.519. The van der Waals surface area contributed by atoms with Crippen LogP contribution in [-0.4, -0.2) is 4.18 Å². The van der Waals surface area contributed by atoms with E-state index in [0.29, 0.717) is 0 Å². The highest BCUT2D eigenvalue weighted by Crippen LogP contribution is 1.95. The van der Waals surface area contributed by atoms with Gasteiger partial charge in [-0.05, 0) is 29.5 Å². The first-order chi connectivity index (χ1) is 1.73. The first kappa shape index (κ1) is 4.66. The summed E-state index contributed by atoms with van der Waals surface area (Å²) in [4.78, 5) is 0. The van der Waals surface area contributed by atoms with Crippen molar-refractivity contribution in [2.24, 2.45) is 0 Å². The topological polar surface area (TPSA) is 0 Å². The first-order valence-electron chi connectivity index (χ1n) is 1.01. The van der Waals surface area contributed by atoms with E-state index >= 15 is 0 Å². The van der Waals surface area contributed by atoms with Gasteiger partial charge < -0.3 is 0 Å². The summed E-state index contributed by atoms with van der Waals surface area (Å²) in [5.74, 6) is 0. The predicted octanol–water partition coefficient (Wildman–Crippen LogP) is 1.74. The molecule has 26 valence electrons. The molecule has 0 bridgehead atoms. The van der Waals surface area contributed by atoms with Crippen LogP contribution in [0.15, 0.2) is 0 Å². The lowest BCUT2D eigenvalue weighted by atomic mass is 10.9. The molecule has 2 heteroatoms. The molecule has 0 amide bonds. The van der Waals surface area contributed by atoms with Gasteiger partial charge in [0.25, 0.3) is 0 Å². The Kier molecular flexibility index (Phi) is 2.25. The normalized spacial score (nSPS) is 15.8. The van der Waals surface area contributed by atoms with Crippen molar-refractivity contribution in [1.82, 2.24) is 0 Å². The summed E-state index contributed by atoms with van der Waals surface area (Å²) < 4.78 is 10.3. The van der Waals surface area contributed by atoms with Crippen molar-refractivity contribution in [3.63, 3.8) is 0 Å². The molecular formula is C2H4FI. The zero-order chi connectivity index (χ0) is 3.58. The average molecular weight is 174 g/mol. The molecule has 0 spiro atoms. The summed E-state index contributed by atoms with van der Waals surface area (Å²) >= 11 is 1.68. The van der Waals surface area contributed by atoms with E-state index in [1.54, 1.807) is 22.6 Å². The van der Waals surface area contributed by atoms with Crippen molar-refractivity contribution >= 4 is 22.6 Å². The Hall–Kier alpha value is 0.660. The van der Waals surface area contributed by atoms with Gasteiger partial charge in [-0.2, -0.15) is 0 Å². The fourth-order valence-electron chi connectivity index (χ4n) is 0. The number of rotatable bonds is 0. The molecule has 0 saturated heterocycles. The van der Waals surface area contributed by atoms with E-state index in [2.05, 4.69) is 0 Å². The molecule has 0 rings (SSSR count). The third-order valence-corrected chi connectivity index (χ3v) is 0. The molecule has 0 radical (unpaired) electrons. The van der Waals surface area contributed by atoms with Gasteiger partial charge in [0.05, 0.1) is 0 Å². The second-order valence-corrected chi connectivity index (χ2v) is 2.24. The fraction of sp³-hybridized carbons (Fsp3) is 1.00. The van der Waals surface area contributed by atoms with Crippen molar-refractivity contribution in [2.45, 2.75) is 11.1 Å². The van der Waals surface area contributed by atoms with Gasteiger partial charge in [0, 0.05) is 0 Å². The average Bonchev–Trinajstić information content (AvgIpc) is 0.811. The van der Waals surface area contributed by atoms with Crippen LogP contribution < -0.4 is 0 Å². The highest BCUT2D eigenvalue weighted by Gasteiger charge is 1.76. The Morgan fingerprint density at radius 2 is 2.00 bits per heavy atom. The second kappa shape index (κ2) is 1.93. The van der Waals surface area contributed by atoms with Crippen LogP contribution in [0, 0.1) is 0 Å². The summed E-state index contributed by atoms with van der Waals surface area (Å²) in [5.41, 5.74) is 0. The smallest absolute Gasteiger partial charge is 0.148 e. The summed E-state index contributed by atoms with van der Waals surface area (Å²) in [5, 5.41) is 0. The molecule has 0 aliphatic rings. The minimum absolute atomic E-state index is 0.697. The van der Waals surface area contributed by atoms with Crippen LogP contribution in [0.25, 0.3) is 0 Å². The summed E-state index contributed by atoms with van der Waals surface area (Å²) in [7, 11) is 0. The van der Waals surface area contributed by atoms with Crippen LogP contribution in [0.3, 0.4) is 0 Å². The van der Waals surface area contributed by atoms with Gasteiger partial charge in [-0.25, -0.2) is 4.39 Å². The van der Waals surface area contributed by atoms with Gasteiger partial charge in [-0.15, -0.1) is 0 Å². The van der Waals surface area contributed by atoms with Crippen LogP contribution in [0.5, 0.6) is 0 Å². The lowest BCUT2D eigenvalue weighted by Gasteiger charge is -1.72. The van der Waals surface area contributed by atoms with Crippen molar-refractivity contribution in [1.29, 1.82) is 0 Å². The van der Waals surface area contributed by atoms with E-state index in [9.17, 15) is 4.39 Å². The third-order valence-electron chi connectivity index (χ3n) is 0. The molecule has 0 aromatic rings. The van der Waals surface area contributed by atoms with Gasteiger partial charge in [-0.3, -0.25) is 0 Å².